The third-order valence-corrected chi connectivity index (χ3v) is 8.85. The van der Waals surface area contributed by atoms with Crippen molar-refractivity contribution < 1.29 is 43.2 Å². The molecule has 0 bridgehead atoms. The molecule has 2 saturated heterocycles. The van der Waals surface area contributed by atoms with E-state index >= 15 is 0 Å². The lowest BCUT2D eigenvalue weighted by Gasteiger charge is -2.28. The van der Waals surface area contributed by atoms with Crippen LogP contribution in [0.4, 0.5) is 37.7 Å². The van der Waals surface area contributed by atoms with Crippen LogP contribution in [0.1, 0.15) is 25.7 Å². The van der Waals surface area contributed by atoms with Crippen LogP contribution in [0, 0.1) is 23.3 Å². The highest BCUT2D eigenvalue weighted by Gasteiger charge is 2.29. The summed E-state index contributed by atoms with van der Waals surface area (Å²) in [6, 6.07) is 5.76. The van der Waals surface area contributed by atoms with E-state index in [1.807, 2.05) is 9.44 Å². The molecule has 0 saturated carbocycles. The van der Waals surface area contributed by atoms with Gasteiger partial charge in [-0.2, -0.15) is 25.4 Å². The number of hydrogen-bond acceptors (Lipinski definition) is 4. The Hall–Kier alpha value is -2.56. The second-order valence-corrected chi connectivity index (χ2v) is 11.9. The fraction of sp³-hybridized carbons (Fsp3) is 0.455. The van der Waals surface area contributed by atoms with Crippen molar-refractivity contribution in [2.24, 2.45) is 0 Å². The molecule has 38 heavy (non-hydrogen) atoms. The van der Waals surface area contributed by atoms with Gasteiger partial charge in [-0.3, -0.25) is 9.44 Å². The number of nitrogens with one attached hydrogen (secondary N) is 2. The highest BCUT2D eigenvalue weighted by molar-refractivity contribution is 7.90. The minimum atomic E-state index is -3.99. The van der Waals surface area contributed by atoms with E-state index in [0.29, 0.717) is 6.07 Å². The predicted octanol–water partition coefficient (Wildman–Crippen LogP) is 4.11. The summed E-state index contributed by atoms with van der Waals surface area (Å²) >= 11 is 0. The molecule has 0 atom stereocenters. The average Bonchev–Trinajstić information content (AvgIpc) is 2.85. The monoisotopic (exact) mass is 588 g/mol. The summed E-state index contributed by atoms with van der Waals surface area (Å²) in [4.78, 5) is 0. The van der Waals surface area contributed by atoms with Gasteiger partial charge in [-0.25, -0.2) is 26.3 Å². The molecule has 8 nitrogen and oxygen atoms in total. The Morgan fingerprint density at radius 3 is 1.61 bits per heavy atom. The second-order valence-electron chi connectivity index (χ2n) is 8.59. The maximum Gasteiger partial charge on any atom is 0.301 e. The van der Waals surface area contributed by atoms with Gasteiger partial charge in [0.2, 0.25) is 0 Å². The van der Waals surface area contributed by atoms with Gasteiger partial charge < -0.3 is 0 Å². The zero-order chi connectivity index (χ0) is 28.1. The second kappa shape index (κ2) is 12.5. The Balaban J connectivity index is 0.000000211. The van der Waals surface area contributed by atoms with Gasteiger partial charge in [-0.1, -0.05) is 6.07 Å². The zero-order valence-corrected chi connectivity index (χ0v) is 21.5. The van der Waals surface area contributed by atoms with Crippen molar-refractivity contribution in [3.8, 4) is 0 Å². The Bertz CT molecular complexity index is 1320. The largest absolute Gasteiger partial charge is 0.301 e. The number of nitrogens with zero attached hydrogens (tertiary/aromatic N) is 2. The maximum absolute atomic E-state index is 13.4. The standard InChI is InChI=1S/2C11H13F3N2O2S/c12-8-3-5-16(6-4-8)19(17,18)15-11-2-1-9(13)7-10(11)14;12-8-4-6-16(7-5-8)19(17,18)15-10-3-1-2-9(13)11(10)14/h1-2,7-8,15H,3-6H2;1-3,8,15H,4-7H2. The molecule has 2 heterocycles. The molecule has 2 aromatic rings. The van der Waals surface area contributed by atoms with Crippen molar-refractivity contribution in [3.05, 3.63) is 59.7 Å². The Labute approximate surface area is 217 Å². The lowest BCUT2D eigenvalue weighted by Crippen LogP contribution is -2.42. The quantitative estimate of drug-likeness (QED) is 0.497. The van der Waals surface area contributed by atoms with Crippen LogP contribution >= 0.6 is 0 Å². The average molecular weight is 589 g/mol. The fourth-order valence-corrected chi connectivity index (χ4v) is 6.21. The summed E-state index contributed by atoms with van der Waals surface area (Å²) in [5.41, 5.74) is -0.786. The highest BCUT2D eigenvalue weighted by atomic mass is 32.2. The molecule has 0 unspecified atom stereocenters. The molecule has 0 spiro atoms. The summed E-state index contributed by atoms with van der Waals surface area (Å²) in [7, 11) is -7.93. The summed E-state index contributed by atoms with van der Waals surface area (Å²) in [5.74, 6) is -4.18. The van der Waals surface area contributed by atoms with Gasteiger partial charge >= 0.3 is 20.4 Å². The van der Waals surface area contributed by atoms with Crippen LogP contribution in [-0.4, -0.2) is 64.0 Å². The lowest BCUT2D eigenvalue weighted by molar-refractivity contribution is 0.210. The first-order chi connectivity index (χ1) is 17.8. The summed E-state index contributed by atoms with van der Waals surface area (Å²) in [6.45, 7) is 0.125. The van der Waals surface area contributed by atoms with Crippen LogP contribution in [0.5, 0.6) is 0 Å². The SMILES string of the molecule is O=S(=O)(Nc1ccc(F)cc1F)N1CCC(F)CC1.O=S(=O)(Nc1cccc(F)c1F)N1CCC(F)CC1. The van der Waals surface area contributed by atoms with E-state index < -0.39 is 61.7 Å². The molecule has 4 rings (SSSR count). The molecule has 212 valence electrons. The van der Waals surface area contributed by atoms with Crippen molar-refractivity contribution in [1.82, 2.24) is 8.61 Å². The van der Waals surface area contributed by atoms with E-state index in [1.165, 1.54) is 6.07 Å². The molecule has 0 amide bonds. The van der Waals surface area contributed by atoms with Crippen molar-refractivity contribution in [1.29, 1.82) is 0 Å². The van der Waals surface area contributed by atoms with E-state index in [2.05, 4.69) is 0 Å². The molecule has 2 aliphatic heterocycles. The van der Waals surface area contributed by atoms with Crippen LogP contribution in [0.25, 0.3) is 0 Å². The summed E-state index contributed by atoms with van der Waals surface area (Å²) < 4.78 is 132. The number of anilines is 2. The topological polar surface area (TPSA) is 98.8 Å². The van der Waals surface area contributed by atoms with E-state index in [9.17, 15) is 43.2 Å². The number of benzene rings is 2. The number of piperidine rings is 2. The van der Waals surface area contributed by atoms with Gasteiger partial charge in [0.05, 0.1) is 11.4 Å². The molecular formula is C22H26F6N4O4S2. The van der Waals surface area contributed by atoms with Gasteiger partial charge in [-0.05, 0) is 49.9 Å². The lowest BCUT2D eigenvalue weighted by atomic mass is 10.1. The maximum atomic E-state index is 13.4. The first-order valence-corrected chi connectivity index (χ1v) is 14.4. The van der Waals surface area contributed by atoms with Crippen LogP contribution in [0.15, 0.2) is 36.4 Å². The molecule has 2 aromatic carbocycles. The van der Waals surface area contributed by atoms with Gasteiger partial charge in [0.25, 0.3) is 0 Å². The third kappa shape index (κ3) is 7.97. The number of alkyl halides is 2. The van der Waals surface area contributed by atoms with E-state index in [4.69, 9.17) is 0 Å². The molecule has 0 aliphatic carbocycles. The predicted molar refractivity (Wildman–Crippen MR) is 129 cm³/mol. The molecule has 2 fully saturated rings. The van der Waals surface area contributed by atoms with Crippen LogP contribution in [0.2, 0.25) is 0 Å². The molecule has 0 aromatic heterocycles. The minimum Gasteiger partial charge on any atom is -0.268 e. The van der Waals surface area contributed by atoms with Gasteiger partial charge in [-0.15, -0.1) is 0 Å². The molecular weight excluding hydrogens is 562 g/mol. The Morgan fingerprint density at radius 1 is 0.658 bits per heavy atom. The molecule has 16 heteroatoms. The normalized spacial score (nSPS) is 18.5. The number of halogens is 6. The van der Waals surface area contributed by atoms with Gasteiger partial charge in [0.1, 0.15) is 24.0 Å². The summed E-state index contributed by atoms with van der Waals surface area (Å²) in [6.07, 6.45) is -1.58. The summed E-state index contributed by atoms with van der Waals surface area (Å²) in [5, 5.41) is 0. The molecule has 0 radical (unpaired) electrons. The van der Waals surface area contributed by atoms with Crippen LogP contribution in [0.3, 0.4) is 0 Å². The smallest absolute Gasteiger partial charge is 0.268 e. The fourth-order valence-electron chi connectivity index (χ4n) is 3.69. The van der Waals surface area contributed by atoms with E-state index in [-0.39, 0.29) is 57.5 Å². The molecule has 2 N–H and O–H groups in total. The Morgan fingerprint density at radius 2 is 1.13 bits per heavy atom. The first-order valence-electron chi connectivity index (χ1n) is 11.5. The van der Waals surface area contributed by atoms with E-state index in [1.54, 1.807) is 0 Å². The van der Waals surface area contributed by atoms with Gasteiger partial charge in [0, 0.05) is 32.2 Å². The van der Waals surface area contributed by atoms with Crippen molar-refractivity contribution in [2.45, 2.75) is 38.0 Å². The molecule has 2 aliphatic rings. The first kappa shape index (κ1) is 30.0. The van der Waals surface area contributed by atoms with Crippen molar-refractivity contribution in [2.75, 3.05) is 35.6 Å². The van der Waals surface area contributed by atoms with Crippen LogP contribution < -0.4 is 9.44 Å². The van der Waals surface area contributed by atoms with E-state index in [0.717, 1.165) is 32.9 Å². The minimum absolute atomic E-state index is 0.0213. The van der Waals surface area contributed by atoms with Crippen molar-refractivity contribution >= 4 is 31.8 Å². The highest BCUT2D eigenvalue weighted by Crippen LogP contribution is 2.23. The third-order valence-electron chi connectivity index (χ3n) is 5.81. The van der Waals surface area contributed by atoms with Gasteiger partial charge in [0.15, 0.2) is 11.6 Å². The Kier molecular flexibility index (Phi) is 9.89. The number of rotatable bonds is 6. The van der Waals surface area contributed by atoms with Crippen molar-refractivity contribution in [3.63, 3.8) is 0 Å². The number of hydrogen-bond donors (Lipinski definition) is 2. The zero-order valence-electron chi connectivity index (χ0n) is 19.9. The van der Waals surface area contributed by atoms with Crippen LogP contribution in [-0.2, 0) is 20.4 Å².